The van der Waals surface area contributed by atoms with Gasteiger partial charge in [0.1, 0.15) is 0 Å². The second-order valence-electron chi connectivity index (χ2n) is 2.76. The van der Waals surface area contributed by atoms with E-state index in [0.29, 0.717) is 0 Å². The number of hydrogen-bond donors (Lipinski definition) is 0. The second kappa shape index (κ2) is 3.30. The van der Waals surface area contributed by atoms with Crippen LogP contribution in [0.3, 0.4) is 0 Å². The summed E-state index contributed by atoms with van der Waals surface area (Å²) in [5, 5.41) is 0. The Balaban J connectivity index is 2.31. The van der Waals surface area contributed by atoms with Crippen LogP contribution in [0.4, 0.5) is 5.69 Å². The van der Waals surface area contributed by atoms with Crippen LogP contribution in [-0.4, -0.2) is 15.8 Å². The van der Waals surface area contributed by atoms with Crippen molar-refractivity contribution in [3.63, 3.8) is 0 Å². The van der Waals surface area contributed by atoms with Gasteiger partial charge in [0.2, 0.25) is 5.69 Å². The van der Waals surface area contributed by atoms with Gasteiger partial charge in [-0.25, -0.2) is 0 Å². The van der Waals surface area contributed by atoms with Crippen molar-refractivity contribution in [3.05, 3.63) is 36.8 Å². The zero-order valence-corrected chi connectivity index (χ0v) is 6.85. The summed E-state index contributed by atoms with van der Waals surface area (Å²) in [5.41, 5.74) is 1.18. The summed E-state index contributed by atoms with van der Waals surface area (Å²) in [6.07, 6.45) is 12.4. The Labute approximate surface area is 71.9 Å². The molecule has 2 rings (SSSR count). The quantitative estimate of drug-likeness (QED) is 0.573. The minimum Gasteiger partial charge on any atom is -0.264 e. The van der Waals surface area contributed by atoms with Crippen molar-refractivity contribution in [1.29, 1.82) is 0 Å². The van der Waals surface area contributed by atoms with E-state index in [1.165, 1.54) is 5.69 Å². The average Bonchev–Trinajstić information content (AvgIpc) is 2.21. The predicted molar refractivity (Wildman–Crippen MR) is 48.6 cm³/mol. The lowest BCUT2D eigenvalue weighted by Crippen LogP contribution is -2.01. The van der Waals surface area contributed by atoms with E-state index in [9.17, 15) is 0 Å². The first-order valence-corrected chi connectivity index (χ1v) is 4.15. The third-order valence-electron chi connectivity index (χ3n) is 1.89. The van der Waals surface area contributed by atoms with Gasteiger partial charge in [0.25, 0.3) is 0 Å². The van der Waals surface area contributed by atoms with Gasteiger partial charge in [-0.1, -0.05) is 0 Å². The third kappa shape index (κ3) is 1.42. The largest absolute Gasteiger partial charge is 0.264 e. The second-order valence-corrected chi connectivity index (χ2v) is 2.76. The van der Waals surface area contributed by atoms with Crippen LogP contribution in [0.5, 0.6) is 0 Å². The molecule has 0 saturated heterocycles. The van der Waals surface area contributed by atoms with Crippen LogP contribution in [0.25, 0.3) is 0 Å². The van der Waals surface area contributed by atoms with Crippen LogP contribution in [0, 0.1) is 0 Å². The van der Waals surface area contributed by atoms with E-state index in [4.69, 9.17) is 0 Å². The Bertz CT molecular complexity index is 312. The maximum atomic E-state index is 3.98. The maximum Gasteiger partial charge on any atom is 0.213 e. The molecule has 2 nitrogen and oxygen atoms in total. The molecule has 0 unspecified atom stereocenters. The van der Waals surface area contributed by atoms with Crippen LogP contribution in [0.1, 0.15) is 12.8 Å². The molecule has 1 aromatic rings. The lowest BCUT2D eigenvalue weighted by Gasteiger charge is -1.99. The van der Waals surface area contributed by atoms with Gasteiger partial charge in [-0.05, 0) is 12.5 Å². The van der Waals surface area contributed by atoms with Crippen molar-refractivity contribution < 1.29 is 4.58 Å². The smallest absolute Gasteiger partial charge is 0.213 e. The molecule has 12 heavy (non-hydrogen) atoms. The highest BCUT2D eigenvalue weighted by Gasteiger charge is 2.06. The maximum absolute atomic E-state index is 3.98. The van der Waals surface area contributed by atoms with Crippen molar-refractivity contribution in [3.8, 4) is 0 Å². The lowest BCUT2D eigenvalue weighted by atomic mass is 10.2. The van der Waals surface area contributed by atoms with Crippen LogP contribution >= 0.6 is 0 Å². The number of aromatic nitrogens is 1. The Morgan fingerprint density at radius 3 is 2.67 bits per heavy atom. The SMILES string of the molecule is C1=C[N+](c2ccncc2)=CCC1. The highest BCUT2D eigenvalue weighted by Crippen LogP contribution is 2.11. The number of allylic oxidation sites excluding steroid dienone is 1. The average molecular weight is 159 g/mol. The summed E-state index contributed by atoms with van der Waals surface area (Å²) < 4.78 is 2.13. The van der Waals surface area contributed by atoms with E-state index >= 15 is 0 Å². The molecule has 60 valence electrons. The van der Waals surface area contributed by atoms with Gasteiger partial charge in [0, 0.05) is 30.9 Å². The van der Waals surface area contributed by atoms with Crippen molar-refractivity contribution >= 4 is 11.9 Å². The van der Waals surface area contributed by atoms with Gasteiger partial charge in [-0.3, -0.25) is 4.98 Å². The van der Waals surface area contributed by atoms with Crippen molar-refractivity contribution in [1.82, 2.24) is 4.98 Å². The fourth-order valence-electron chi connectivity index (χ4n) is 1.27. The number of hydrogen-bond acceptors (Lipinski definition) is 1. The van der Waals surface area contributed by atoms with E-state index < -0.39 is 0 Å². The third-order valence-corrected chi connectivity index (χ3v) is 1.89. The Kier molecular flexibility index (Phi) is 1.99. The fourth-order valence-corrected chi connectivity index (χ4v) is 1.27. The molecule has 0 amide bonds. The molecule has 1 aromatic heterocycles. The van der Waals surface area contributed by atoms with Crippen LogP contribution in [0.15, 0.2) is 36.8 Å². The zero-order chi connectivity index (χ0) is 8.23. The summed E-state index contributed by atoms with van der Waals surface area (Å²) >= 11 is 0. The van der Waals surface area contributed by atoms with Gasteiger partial charge in [0.15, 0.2) is 12.4 Å². The minimum atomic E-state index is 1.12. The first-order chi connectivity index (χ1) is 5.97. The van der Waals surface area contributed by atoms with Gasteiger partial charge in [-0.15, -0.1) is 0 Å². The molecule has 0 spiro atoms. The molecule has 1 aliphatic heterocycles. The van der Waals surface area contributed by atoms with E-state index in [2.05, 4.69) is 28.1 Å². The molecule has 0 aliphatic carbocycles. The molecule has 0 N–H and O–H groups in total. The molecule has 0 radical (unpaired) electrons. The number of rotatable bonds is 1. The minimum absolute atomic E-state index is 1.12. The van der Waals surface area contributed by atoms with E-state index in [1.807, 2.05) is 24.5 Å². The predicted octanol–water partition coefficient (Wildman–Crippen LogP) is 2.10. The first-order valence-electron chi connectivity index (χ1n) is 4.15. The monoisotopic (exact) mass is 159 g/mol. The molecule has 2 heterocycles. The zero-order valence-electron chi connectivity index (χ0n) is 6.85. The molecule has 0 fully saturated rings. The standard InChI is InChI=1S/C10H11N2/c1-2-8-12(9-3-1)10-4-6-11-7-5-10/h2,4-9H,1,3H2/q+1. The van der Waals surface area contributed by atoms with Gasteiger partial charge < -0.3 is 0 Å². The van der Waals surface area contributed by atoms with E-state index in [0.717, 1.165) is 12.8 Å². The van der Waals surface area contributed by atoms with Crippen LogP contribution in [0.2, 0.25) is 0 Å². The molecule has 0 atom stereocenters. The highest BCUT2D eigenvalue weighted by atomic mass is 15.0. The molecular weight excluding hydrogens is 148 g/mol. The van der Waals surface area contributed by atoms with Gasteiger partial charge in [-0.2, -0.15) is 4.58 Å². The molecule has 0 bridgehead atoms. The fraction of sp³-hybridized carbons (Fsp3) is 0.200. The van der Waals surface area contributed by atoms with Crippen molar-refractivity contribution in [2.24, 2.45) is 0 Å². The van der Waals surface area contributed by atoms with Gasteiger partial charge in [0.05, 0.1) is 0 Å². The number of nitrogens with zero attached hydrogens (tertiary/aromatic N) is 2. The molecular formula is C10H11N2+. The van der Waals surface area contributed by atoms with Crippen molar-refractivity contribution in [2.45, 2.75) is 12.8 Å². The summed E-state index contributed by atoms with van der Waals surface area (Å²) in [4.78, 5) is 3.98. The summed E-state index contributed by atoms with van der Waals surface area (Å²) in [6, 6.07) is 4.01. The first kappa shape index (κ1) is 7.22. The molecule has 1 aliphatic rings. The number of pyridine rings is 1. The highest BCUT2D eigenvalue weighted by molar-refractivity contribution is 5.55. The molecule has 0 aromatic carbocycles. The van der Waals surface area contributed by atoms with Crippen LogP contribution < -0.4 is 0 Å². The van der Waals surface area contributed by atoms with Crippen LogP contribution in [-0.2, 0) is 0 Å². The summed E-state index contributed by atoms with van der Waals surface area (Å²) in [5.74, 6) is 0. The Morgan fingerprint density at radius 1 is 1.17 bits per heavy atom. The summed E-state index contributed by atoms with van der Waals surface area (Å²) in [6.45, 7) is 0. The lowest BCUT2D eigenvalue weighted by molar-refractivity contribution is -0.358. The van der Waals surface area contributed by atoms with Gasteiger partial charge >= 0.3 is 0 Å². The van der Waals surface area contributed by atoms with E-state index in [1.54, 1.807) is 0 Å². The Morgan fingerprint density at radius 2 is 2.00 bits per heavy atom. The normalized spacial score (nSPS) is 15.8. The van der Waals surface area contributed by atoms with E-state index in [-0.39, 0.29) is 0 Å². The Hall–Kier alpha value is -1.44. The molecule has 0 saturated carbocycles. The topological polar surface area (TPSA) is 15.9 Å². The molecule has 2 heteroatoms. The summed E-state index contributed by atoms with van der Waals surface area (Å²) in [7, 11) is 0. The van der Waals surface area contributed by atoms with Crippen molar-refractivity contribution in [2.75, 3.05) is 0 Å².